The molecule has 1 fully saturated rings. The number of H-pyrrole nitrogens is 1. The van der Waals surface area contributed by atoms with E-state index in [-0.39, 0.29) is 5.91 Å². The zero-order valence-electron chi connectivity index (χ0n) is 10.9. The summed E-state index contributed by atoms with van der Waals surface area (Å²) in [6, 6.07) is 3.78. The van der Waals surface area contributed by atoms with Gasteiger partial charge >= 0.3 is 0 Å². The number of amides is 1. The Labute approximate surface area is 111 Å². The highest BCUT2D eigenvalue weighted by molar-refractivity contribution is 5.94. The molecule has 0 saturated carbocycles. The Morgan fingerprint density at radius 2 is 2.47 bits per heavy atom. The van der Waals surface area contributed by atoms with E-state index in [1.54, 1.807) is 12.3 Å². The summed E-state index contributed by atoms with van der Waals surface area (Å²) in [7, 11) is 0. The van der Waals surface area contributed by atoms with Crippen molar-refractivity contribution in [1.29, 1.82) is 0 Å². The van der Waals surface area contributed by atoms with Crippen molar-refractivity contribution < 1.29 is 9.21 Å². The van der Waals surface area contributed by atoms with Gasteiger partial charge in [-0.1, -0.05) is 0 Å². The van der Waals surface area contributed by atoms with Gasteiger partial charge in [-0.25, -0.2) is 0 Å². The van der Waals surface area contributed by atoms with Gasteiger partial charge in [0.25, 0.3) is 5.91 Å². The van der Waals surface area contributed by atoms with Crippen molar-refractivity contribution in [3.8, 4) is 0 Å². The van der Waals surface area contributed by atoms with Crippen molar-refractivity contribution in [3.63, 3.8) is 0 Å². The molecule has 1 unspecified atom stereocenters. The Bertz CT molecular complexity index is 559. The SMILES string of the molecule is Cc1cc(C(=O)N2CCCC(c3ccn[nH]3)C2)co1. The van der Waals surface area contributed by atoms with Crippen molar-refractivity contribution in [2.45, 2.75) is 25.7 Å². The lowest BCUT2D eigenvalue weighted by Crippen LogP contribution is -2.39. The molecule has 3 rings (SSSR count). The van der Waals surface area contributed by atoms with E-state index in [9.17, 15) is 4.79 Å². The minimum absolute atomic E-state index is 0.0565. The van der Waals surface area contributed by atoms with Crippen LogP contribution in [-0.4, -0.2) is 34.1 Å². The number of carbonyl (C=O) groups is 1. The molecule has 5 nitrogen and oxygen atoms in total. The number of piperidine rings is 1. The number of nitrogens with one attached hydrogen (secondary N) is 1. The Morgan fingerprint density at radius 3 is 3.16 bits per heavy atom. The zero-order chi connectivity index (χ0) is 13.2. The largest absolute Gasteiger partial charge is 0.469 e. The molecule has 1 atom stereocenters. The van der Waals surface area contributed by atoms with Gasteiger partial charge in [-0.15, -0.1) is 0 Å². The summed E-state index contributed by atoms with van der Waals surface area (Å²) in [6.07, 6.45) is 5.41. The number of aromatic nitrogens is 2. The molecule has 0 spiro atoms. The van der Waals surface area contributed by atoms with E-state index in [1.807, 2.05) is 17.9 Å². The van der Waals surface area contributed by atoms with Crippen LogP contribution in [0.15, 0.2) is 29.0 Å². The summed E-state index contributed by atoms with van der Waals surface area (Å²) >= 11 is 0. The van der Waals surface area contributed by atoms with Crippen LogP contribution in [0.4, 0.5) is 0 Å². The Balaban J connectivity index is 1.73. The Morgan fingerprint density at radius 1 is 1.58 bits per heavy atom. The van der Waals surface area contributed by atoms with Gasteiger partial charge < -0.3 is 9.32 Å². The number of hydrogen-bond acceptors (Lipinski definition) is 3. The second-order valence-electron chi connectivity index (χ2n) is 5.05. The zero-order valence-corrected chi connectivity index (χ0v) is 10.9. The number of carbonyl (C=O) groups excluding carboxylic acids is 1. The summed E-state index contributed by atoms with van der Waals surface area (Å²) in [6.45, 7) is 3.40. The molecule has 19 heavy (non-hydrogen) atoms. The molecule has 0 bridgehead atoms. The third-order valence-electron chi connectivity index (χ3n) is 3.65. The monoisotopic (exact) mass is 259 g/mol. The van der Waals surface area contributed by atoms with Crippen LogP contribution in [-0.2, 0) is 0 Å². The summed E-state index contributed by atoms with van der Waals surface area (Å²) in [5.41, 5.74) is 1.75. The highest BCUT2D eigenvalue weighted by Crippen LogP contribution is 2.26. The molecule has 1 aliphatic heterocycles. The lowest BCUT2D eigenvalue weighted by atomic mass is 9.94. The van der Waals surface area contributed by atoms with Gasteiger partial charge in [-0.2, -0.15) is 5.10 Å². The molecule has 0 radical (unpaired) electrons. The van der Waals surface area contributed by atoms with Gasteiger partial charge in [0, 0.05) is 30.9 Å². The normalized spacial score (nSPS) is 19.6. The van der Waals surface area contributed by atoms with Gasteiger partial charge in [0.05, 0.1) is 5.56 Å². The van der Waals surface area contributed by atoms with Gasteiger partial charge in [0.2, 0.25) is 0 Å². The van der Waals surface area contributed by atoms with Crippen LogP contribution in [0.5, 0.6) is 0 Å². The average Bonchev–Trinajstić information content (AvgIpc) is 3.09. The quantitative estimate of drug-likeness (QED) is 0.900. The summed E-state index contributed by atoms with van der Waals surface area (Å²) < 4.78 is 5.21. The van der Waals surface area contributed by atoms with Crippen LogP contribution in [0.25, 0.3) is 0 Å². The maximum atomic E-state index is 12.4. The predicted molar refractivity (Wildman–Crippen MR) is 69.9 cm³/mol. The number of rotatable bonds is 2. The van der Waals surface area contributed by atoms with Crippen LogP contribution in [0.3, 0.4) is 0 Å². The van der Waals surface area contributed by atoms with E-state index >= 15 is 0 Å². The second kappa shape index (κ2) is 4.91. The Kier molecular flexibility index (Phi) is 3.11. The highest BCUT2D eigenvalue weighted by Gasteiger charge is 2.26. The lowest BCUT2D eigenvalue weighted by molar-refractivity contribution is 0.0705. The van der Waals surface area contributed by atoms with Crippen molar-refractivity contribution >= 4 is 5.91 Å². The number of aromatic amines is 1. The fourth-order valence-corrected chi connectivity index (χ4v) is 2.65. The minimum Gasteiger partial charge on any atom is -0.469 e. The molecule has 1 amide bonds. The van der Waals surface area contributed by atoms with E-state index in [0.717, 1.165) is 37.4 Å². The van der Waals surface area contributed by atoms with Crippen LogP contribution in [0.1, 0.15) is 40.6 Å². The first-order chi connectivity index (χ1) is 9.24. The van der Waals surface area contributed by atoms with E-state index in [2.05, 4.69) is 10.2 Å². The standard InChI is InChI=1S/C14H17N3O2/c1-10-7-12(9-19-10)14(18)17-6-2-3-11(8-17)13-4-5-15-16-13/h4-5,7,9,11H,2-3,6,8H2,1H3,(H,15,16). The molecule has 2 aromatic rings. The van der Waals surface area contributed by atoms with E-state index in [4.69, 9.17) is 4.42 Å². The van der Waals surface area contributed by atoms with Gasteiger partial charge in [-0.05, 0) is 31.9 Å². The molecule has 2 aromatic heterocycles. The number of aryl methyl sites for hydroxylation is 1. The summed E-state index contributed by atoms with van der Waals surface area (Å²) in [5.74, 6) is 1.18. The van der Waals surface area contributed by atoms with Crippen LogP contribution >= 0.6 is 0 Å². The molecule has 5 heteroatoms. The van der Waals surface area contributed by atoms with Gasteiger partial charge in [0.1, 0.15) is 12.0 Å². The topological polar surface area (TPSA) is 62.1 Å². The third-order valence-corrected chi connectivity index (χ3v) is 3.65. The minimum atomic E-state index is 0.0565. The predicted octanol–water partition coefficient (Wildman–Crippen LogP) is 2.33. The van der Waals surface area contributed by atoms with Crippen LogP contribution in [0, 0.1) is 6.92 Å². The molecular weight excluding hydrogens is 242 g/mol. The van der Waals surface area contributed by atoms with Crippen LogP contribution < -0.4 is 0 Å². The van der Waals surface area contributed by atoms with Crippen molar-refractivity contribution in [3.05, 3.63) is 41.6 Å². The van der Waals surface area contributed by atoms with Crippen molar-refractivity contribution in [2.24, 2.45) is 0 Å². The smallest absolute Gasteiger partial charge is 0.257 e. The fraction of sp³-hybridized carbons (Fsp3) is 0.429. The molecule has 1 aliphatic rings. The fourth-order valence-electron chi connectivity index (χ4n) is 2.65. The third kappa shape index (κ3) is 2.41. The molecule has 0 aliphatic carbocycles. The lowest BCUT2D eigenvalue weighted by Gasteiger charge is -2.32. The number of furan rings is 1. The summed E-state index contributed by atoms with van der Waals surface area (Å²) in [5, 5.41) is 6.99. The number of nitrogens with zero attached hydrogens (tertiary/aromatic N) is 2. The number of hydrogen-bond donors (Lipinski definition) is 1. The highest BCUT2D eigenvalue weighted by atomic mass is 16.3. The molecule has 100 valence electrons. The maximum Gasteiger partial charge on any atom is 0.257 e. The average molecular weight is 259 g/mol. The van der Waals surface area contributed by atoms with E-state index in [1.165, 1.54) is 6.26 Å². The second-order valence-corrected chi connectivity index (χ2v) is 5.05. The Hall–Kier alpha value is -2.04. The molecule has 0 aromatic carbocycles. The van der Waals surface area contributed by atoms with Crippen LogP contribution in [0.2, 0.25) is 0 Å². The summed E-state index contributed by atoms with van der Waals surface area (Å²) in [4.78, 5) is 14.3. The molecule has 3 heterocycles. The molecule has 1 saturated heterocycles. The number of likely N-dealkylation sites (tertiary alicyclic amines) is 1. The van der Waals surface area contributed by atoms with Crippen molar-refractivity contribution in [1.82, 2.24) is 15.1 Å². The molecular formula is C14H17N3O2. The van der Waals surface area contributed by atoms with E-state index < -0.39 is 0 Å². The first kappa shape index (κ1) is 12.0. The molecule has 1 N–H and O–H groups in total. The van der Waals surface area contributed by atoms with Gasteiger partial charge in [0.15, 0.2) is 0 Å². The van der Waals surface area contributed by atoms with Crippen molar-refractivity contribution in [2.75, 3.05) is 13.1 Å². The first-order valence-electron chi connectivity index (χ1n) is 6.58. The maximum absolute atomic E-state index is 12.4. The first-order valence-corrected chi connectivity index (χ1v) is 6.58. The van der Waals surface area contributed by atoms with Gasteiger partial charge in [-0.3, -0.25) is 9.89 Å². The van der Waals surface area contributed by atoms with E-state index in [0.29, 0.717) is 11.5 Å².